The van der Waals surface area contributed by atoms with Crippen LogP contribution in [0.3, 0.4) is 0 Å². The molecule has 0 bridgehead atoms. The highest BCUT2D eigenvalue weighted by atomic mass is 35.5. The van der Waals surface area contributed by atoms with Gasteiger partial charge in [-0.15, -0.1) is 0 Å². The van der Waals surface area contributed by atoms with Crippen LogP contribution in [-0.4, -0.2) is 27.8 Å². The molecule has 1 unspecified atom stereocenters. The first-order valence-corrected chi connectivity index (χ1v) is 6.73. The number of halogens is 1. The summed E-state index contributed by atoms with van der Waals surface area (Å²) in [7, 11) is 0. The highest BCUT2D eigenvalue weighted by Gasteiger charge is 2.16. The fourth-order valence-electron chi connectivity index (χ4n) is 1.82. The lowest BCUT2D eigenvalue weighted by molar-refractivity contribution is 0.0911. The molecule has 106 valence electrons. The van der Waals surface area contributed by atoms with Crippen LogP contribution in [0.15, 0.2) is 30.3 Å². The second-order valence-electron chi connectivity index (χ2n) is 4.39. The zero-order valence-corrected chi connectivity index (χ0v) is 11.8. The predicted octanol–water partition coefficient (Wildman–Crippen LogP) is 2.09. The summed E-state index contributed by atoms with van der Waals surface area (Å²) in [6.45, 7) is 1.78. The summed E-state index contributed by atoms with van der Waals surface area (Å²) in [6, 6.07) is 8.19. The van der Waals surface area contributed by atoms with Crippen LogP contribution >= 0.6 is 11.6 Å². The van der Waals surface area contributed by atoms with E-state index in [1.54, 1.807) is 30.3 Å². The van der Waals surface area contributed by atoms with Crippen LogP contribution in [0.1, 0.15) is 34.7 Å². The quantitative estimate of drug-likeness (QED) is 0.790. The normalized spacial score (nSPS) is 12.2. The Bertz CT molecular complexity index is 580. The Morgan fingerprint density at radius 2 is 2.15 bits per heavy atom. The Morgan fingerprint density at radius 3 is 2.70 bits per heavy atom. The predicted molar refractivity (Wildman–Crippen MR) is 76.7 cm³/mol. The number of aromatic amines is 1. The van der Waals surface area contributed by atoms with Gasteiger partial charge in [0.1, 0.15) is 5.69 Å². The van der Waals surface area contributed by atoms with Gasteiger partial charge in [0, 0.05) is 10.7 Å². The summed E-state index contributed by atoms with van der Waals surface area (Å²) < 4.78 is 0. The van der Waals surface area contributed by atoms with Gasteiger partial charge in [-0.1, -0.05) is 30.7 Å². The molecule has 20 heavy (non-hydrogen) atoms. The topological polar surface area (TPSA) is 78.0 Å². The number of aryl methyl sites for hydroxylation is 1. The molecule has 0 fully saturated rings. The van der Waals surface area contributed by atoms with E-state index in [0.717, 1.165) is 17.7 Å². The molecule has 0 radical (unpaired) electrons. The lowest BCUT2D eigenvalue weighted by Gasteiger charge is -2.16. The minimum absolute atomic E-state index is 0.196. The van der Waals surface area contributed by atoms with Gasteiger partial charge in [0.25, 0.3) is 5.91 Å². The van der Waals surface area contributed by atoms with Gasteiger partial charge < -0.3 is 10.4 Å². The molecule has 0 aliphatic carbocycles. The largest absolute Gasteiger partial charge is 0.394 e. The highest BCUT2D eigenvalue weighted by molar-refractivity contribution is 6.30. The lowest BCUT2D eigenvalue weighted by Crippen LogP contribution is -2.31. The van der Waals surface area contributed by atoms with E-state index in [9.17, 15) is 9.90 Å². The average molecular weight is 294 g/mol. The van der Waals surface area contributed by atoms with Crippen molar-refractivity contribution in [1.29, 1.82) is 0 Å². The first kappa shape index (κ1) is 14.6. The third kappa shape index (κ3) is 3.37. The van der Waals surface area contributed by atoms with Crippen LogP contribution in [0.5, 0.6) is 0 Å². The Morgan fingerprint density at radius 1 is 1.45 bits per heavy atom. The van der Waals surface area contributed by atoms with Gasteiger partial charge in [-0.25, -0.2) is 0 Å². The maximum Gasteiger partial charge on any atom is 0.272 e. The second kappa shape index (κ2) is 6.54. The molecule has 0 spiro atoms. The van der Waals surface area contributed by atoms with E-state index in [1.165, 1.54) is 0 Å². The average Bonchev–Trinajstić information content (AvgIpc) is 2.94. The number of nitrogens with one attached hydrogen (secondary N) is 2. The fourth-order valence-corrected chi connectivity index (χ4v) is 1.95. The van der Waals surface area contributed by atoms with Gasteiger partial charge in [-0.05, 0) is 30.2 Å². The molecule has 5 nitrogen and oxygen atoms in total. The number of aliphatic hydroxyl groups excluding tert-OH is 1. The van der Waals surface area contributed by atoms with Gasteiger partial charge in [0.2, 0.25) is 0 Å². The first-order valence-electron chi connectivity index (χ1n) is 6.35. The number of aromatic nitrogens is 2. The third-order valence-electron chi connectivity index (χ3n) is 3.00. The smallest absolute Gasteiger partial charge is 0.272 e. The van der Waals surface area contributed by atoms with Gasteiger partial charge >= 0.3 is 0 Å². The number of amides is 1. The molecule has 0 saturated heterocycles. The van der Waals surface area contributed by atoms with Crippen molar-refractivity contribution in [2.45, 2.75) is 19.4 Å². The van der Waals surface area contributed by atoms with Gasteiger partial charge in [0.15, 0.2) is 0 Å². The van der Waals surface area contributed by atoms with Gasteiger partial charge in [-0.3, -0.25) is 9.89 Å². The first-order chi connectivity index (χ1) is 9.63. The fraction of sp³-hybridized carbons (Fsp3) is 0.286. The number of carbonyl (C=O) groups is 1. The minimum atomic E-state index is -0.485. The molecule has 1 amide bonds. The van der Waals surface area contributed by atoms with Gasteiger partial charge in [0.05, 0.1) is 12.6 Å². The van der Waals surface area contributed by atoms with E-state index < -0.39 is 6.04 Å². The van der Waals surface area contributed by atoms with E-state index in [0.29, 0.717) is 10.7 Å². The van der Waals surface area contributed by atoms with Crippen molar-refractivity contribution in [2.75, 3.05) is 6.61 Å². The highest BCUT2D eigenvalue weighted by Crippen LogP contribution is 2.16. The van der Waals surface area contributed by atoms with Crippen LogP contribution in [0.25, 0.3) is 0 Å². The summed E-state index contributed by atoms with van der Waals surface area (Å²) in [4.78, 5) is 12.1. The maximum atomic E-state index is 12.1. The number of nitrogens with zero attached hydrogens (tertiary/aromatic N) is 1. The van der Waals surface area contributed by atoms with Crippen molar-refractivity contribution < 1.29 is 9.90 Å². The number of H-pyrrole nitrogens is 1. The van der Waals surface area contributed by atoms with Crippen molar-refractivity contribution in [2.24, 2.45) is 0 Å². The SMILES string of the molecule is CCc1cc(C(=O)NC(CO)c2ccc(Cl)cc2)n[nH]1. The number of aliphatic hydroxyl groups is 1. The molecule has 6 heteroatoms. The summed E-state index contributed by atoms with van der Waals surface area (Å²) in [5.41, 5.74) is 1.99. The molecule has 1 aromatic carbocycles. The minimum Gasteiger partial charge on any atom is -0.394 e. The van der Waals surface area contributed by atoms with Crippen molar-refractivity contribution in [1.82, 2.24) is 15.5 Å². The van der Waals surface area contributed by atoms with Crippen molar-refractivity contribution in [3.8, 4) is 0 Å². The number of hydrogen-bond acceptors (Lipinski definition) is 3. The molecule has 2 rings (SSSR count). The Hall–Kier alpha value is -1.85. The molecule has 0 saturated carbocycles. The number of benzene rings is 1. The van der Waals surface area contributed by atoms with Crippen molar-refractivity contribution >= 4 is 17.5 Å². The molecule has 2 aromatic rings. The zero-order valence-electron chi connectivity index (χ0n) is 11.1. The summed E-state index contributed by atoms with van der Waals surface area (Å²) in [6.07, 6.45) is 0.779. The molecule has 1 heterocycles. The van der Waals surface area contributed by atoms with E-state index in [4.69, 9.17) is 11.6 Å². The van der Waals surface area contributed by atoms with Crippen LogP contribution < -0.4 is 5.32 Å². The summed E-state index contributed by atoms with van der Waals surface area (Å²) in [5.74, 6) is -0.324. The zero-order chi connectivity index (χ0) is 14.5. The second-order valence-corrected chi connectivity index (χ2v) is 4.83. The van der Waals surface area contributed by atoms with Gasteiger partial charge in [-0.2, -0.15) is 5.10 Å². The van der Waals surface area contributed by atoms with E-state index in [-0.39, 0.29) is 12.5 Å². The molecule has 0 aliphatic rings. The standard InChI is InChI=1S/C14H16ClN3O2/c1-2-11-7-12(18-17-11)14(20)16-13(8-19)9-3-5-10(15)6-4-9/h3-7,13,19H,2,8H2,1H3,(H,16,20)(H,17,18). The van der Waals surface area contributed by atoms with E-state index in [1.807, 2.05) is 6.92 Å². The number of rotatable bonds is 5. The molecule has 0 aliphatic heterocycles. The van der Waals surface area contributed by atoms with Crippen molar-refractivity contribution in [3.63, 3.8) is 0 Å². The van der Waals surface area contributed by atoms with Crippen LogP contribution in [0, 0.1) is 0 Å². The van der Waals surface area contributed by atoms with Crippen molar-refractivity contribution in [3.05, 3.63) is 52.3 Å². The van der Waals surface area contributed by atoms with E-state index >= 15 is 0 Å². The van der Waals surface area contributed by atoms with Crippen LogP contribution in [0.4, 0.5) is 0 Å². The Kier molecular flexibility index (Phi) is 4.76. The van der Waals surface area contributed by atoms with Crippen LogP contribution in [0.2, 0.25) is 5.02 Å². The Labute approximate surface area is 122 Å². The molecular weight excluding hydrogens is 278 g/mol. The molecule has 1 atom stereocenters. The monoisotopic (exact) mass is 293 g/mol. The van der Waals surface area contributed by atoms with E-state index in [2.05, 4.69) is 15.5 Å². The number of carbonyl (C=O) groups excluding carboxylic acids is 1. The summed E-state index contributed by atoms with van der Waals surface area (Å²) in [5, 5.41) is 19.5. The lowest BCUT2D eigenvalue weighted by atomic mass is 10.1. The molecule has 3 N–H and O–H groups in total. The molecular formula is C14H16ClN3O2. The third-order valence-corrected chi connectivity index (χ3v) is 3.26. The molecule has 1 aromatic heterocycles. The Balaban J connectivity index is 2.09. The van der Waals surface area contributed by atoms with Crippen LogP contribution in [-0.2, 0) is 6.42 Å². The maximum absolute atomic E-state index is 12.1. The number of hydrogen-bond donors (Lipinski definition) is 3. The summed E-state index contributed by atoms with van der Waals surface area (Å²) >= 11 is 5.82.